The van der Waals surface area contributed by atoms with Crippen LogP contribution in [0.25, 0.3) is 11.6 Å². The van der Waals surface area contributed by atoms with E-state index in [0.717, 1.165) is 45.3 Å². The molecule has 1 aromatic carbocycles. The van der Waals surface area contributed by atoms with Crippen LogP contribution in [0.5, 0.6) is 0 Å². The third-order valence-electron chi connectivity index (χ3n) is 4.84. The van der Waals surface area contributed by atoms with E-state index in [4.69, 9.17) is 11.6 Å². The number of rotatable bonds is 7. The van der Waals surface area contributed by atoms with Gasteiger partial charge in [-0.1, -0.05) is 0 Å². The van der Waals surface area contributed by atoms with E-state index in [1.165, 1.54) is 0 Å². The second kappa shape index (κ2) is 9.10. The first-order valence-corrected chi connectivity index (χ1v) is 11.5. The quantitative estimate of drug-likeness (QED) is 0.488. The van der Waals surface area contributed by atoms with Gasteiger partial charge in [0, 0.05) is 0 Å². The Morgan fingerprint density at radius 1 is 1.29 bits per heavy atom. The van der Waals surface area contributed by atoms with Crippen LogP contribution in [0.1, 0.15) is 38.6 Å². The molecule has 5 nitrogen and oxygen atoms in total. The number of benzene rings is 1. The molecule has 2 amide bonds. The van der Waals surface area contributed by atoms with Gasteiger partial charge in [-0.05, 0) is 0 Å². The minimum absolute atomic E-state index is 0.0279. The Balaban J connectivity index is 1.76. The molecule has 28 heavy (non-hydrogen) atoms. The summed E-state index contributed by atoms with van der Waals surface area (Å²) in [6.45, 7) is 9.64. The number of carbonyl (C=O) groups is 2. The van der Waals surface area contributed by atoms with Crippen LogP contribution in [0.2, 0.25) is 5.02 Å². The molecule has 148 valence electrons. The molecule has 1 aliphatic heterocycles. The van der Waals surface area contributed by atoms with Gasteiger partial charge >= 0.3 is 177 Å². The molecule has 2 heterocycles. The van der Waals surface area contributed by atoms with Crippen LogP contribution in [0.4, 0.5) is 5.69 Å². The van der Waals surface area contributed by atoms with E-state index >= 15 is 0 Å². The molecule has 2 aromatic rings. The molecule has 7 heteroatoms. The molecule has 0 fully saturated rings. The zero-order valence-corrected chi connectivity index (χ0v) is 18.7. The van der Waals surface area contributed by atoms with E-state index < -0.39 is 0 Å². The fraction of sp³-hybridized carbons (Fsp3) is 0.333. The van der Waals surface area contributed by atoms with E-state index in [2.05, 4.69) is 29.4 Å². The second-order valence-corrected chi connectivity index (χ2v) is 9.74. The summed E-state index contributed by atoms with van der Waals surface area (Å²) in [4.78, 5) is 27.2. The first kappa shape index (κ1) is 20.9. The van der Waals surface area contributed by atoms with Crippen LogP contribution < -0.4 is 10.6 Å². The van der Waals surface area contributed by atoms with Gasteiger partial charge in [-0.2, -0.15) is 0 Å². The van der Waals surface area contributed by atoms with Crippen molar-refractivity contribution in [2.45, 2.75) is 20.8 Å². The Morgan fingerprint density at radius 3 is 2.75 bits per heavy atom. The molecule has 0 atom stereocenters. The first-order valence-electron chi connectivity index (χ1n) is 9.36. The number of nitrogens with zero attached hydrogens (tertiary/aromatic N) is 1. The van der Waals surface area contributed by atoms with Gasteiger partial charge in [0.1, 0.15) is 0 Å². The molecule has 1 aliphatic rings. The van der Waals surface area contributed by atoms with Gasteiger partial charge in [0.25, 0.3) is 0 Å². The Kier molecular flexibility index (Phi) is 6.78. The van der Waals surface area contributed by atoms with Crippen molar-refractivity contribution in [2.75, 3.05) is 31.5 Å². The fourth-order valence-corrected chi connectivity index (χ4v) is 5.41. The average molecular weight is 465 g/mol. The predicted molar refractivity (Wildman–Crippen MR) is 116 cm³/mol. The molecular weight excluding hydrogens is 441 g/mol. The van der Waals surface area contributed by atoms with E-state index in [1.807, 2.05) is 25.1 Å². The van der Waals surface area contributed by atoms with Gasteiger partial charge in [0.05, 0.1) is 0 Å². The normalized spacial score (nSPS) is 14.5. The first-order chi connectivity index (χ1) is 13.4. The number of hydrogen-bond acceptors (Lipinski definition) is 3. The molecule has 3 rings (SSSR count). The van der Waals surface area contributed by atoms with Crippen molar-refractivity contribution < 1.29 is 9.59 Å². The fourth-order valence-electron chi connectivity index (χ4n) is 3.21. The molecule has 1 aromatic heterocycles. The maximum atomic E-state index is 12.6. The summed E-state index contributed by atoms with van der Waals surface area (Å²) in [5.74, 6) is -0.178. The van der Waals surface area contributed by atoms with Crippen LogP contribution in [0.3, 0.4) is 0 Å². The van der Waals surface area contributed by atoms with Crippen molar-refractivity contribution in [2.24, 2.45) is 0 Å². The van der Waals surface area contributed by atoms with Crippen molar-refractivity contribution in [1.29, 1.82) is 0 Å². The molecule has 2 N–H and O–H groups in total. The number of anilines is 1. The van der Waals surface area contributed by atoms with Crippen molar-refractivity contribution in [3.05, 3.63) is 49.3 Å². The summed E-state index contributed by atoms with van der Waals surface area (Å²) in [7, 11) is 0. The molecule has 0 radical (unpaired) electrons. The molecule has 0 bridgehead atoms. The zero-order chi connectivity index (χ0) is 20.3. The van der Waals surface area contributed by atoms with Crippen LogP contribution in [0, 0.1) is 6.92 Å². The van der Waals surface area contributed by atoms with Crippen molar-refractivity contribution in [3.8, 4) is 0 Å². The van der Waals surface area contributed by atoms with E-state index in [0.29, 0.717) is 17.1 Å². The molecule has 0 aliphatic carbocycles. The van der Waals surface area contributed by atoms with Gasteiger partial charge in [-0.25, -0.2) is 0 Å². The Labute approximate surface area is 176 Å². The average Bonchev–Trinajstić information content (AvgIpc) is 3.19. The van der Waals surface area contributed by atoms with Crippen molar-refractivity contribution in [3.63, 3.8) is 0 Å². The number of carbonyl (C=O) groups excluding carboxylic acids is 2. The summed E-state index contributed by atoms with van der Waals surface area (Å²) >= 11 is 6.12. The number of likely N-dealkylation sites (N-methyl/N-ethyl adjacent to an activating group) is 1. The second-order valence-electron chi connectivity index (χ2n) is 6.60. The van der Waals surface area contributed by atoms with Gasteiger partial charge in [0.2, 0.25) is 0 Å². The van der Waals surface area contributed by atoms with Crippen LogP contribution in [-0.2, 0) is 4.79 Å². The Morgan fingerprint density at radius 2 is 2.04 bits per heavy atom. The van der Waals surface area contributed by atoms with Gasteiger partial charge in [-0.3, -0.25) is 0 Å². The third-order valence-corrected chi connectivity index (χ3v) is 7.17. The van der Waals surface area contributed by atoms with E-state index in [1.54, 1.807) is 12.1 Å². The van der Waals surface area contributed by atoms with Gasteiger partial charge in [0.15, 0.2) is 0 Å². The number of hydrogen-bond donors (Lipinski definition) is 2. The summed E-state index contributed by atoms with van der Waals surface area (Å²) in [5.41, 5.74) is 2.90. The number of aryl methyl sites for hydroxylation is 1. The number of halogens is 1. The van der Waals surface area contributed by atoms with E-state index in [9.17, 15) is 9.59 Å². The van der Waals surface area contributed by atoms with Crippen molar-refractivity contribution >= 4 is 55.3 Å². The van der Waals surface area contributed by atoms with Crippen molar-refractivity contribution in [1.82, 2.24) is 10.2 Å². The Hall–Kier alpha value is -1.85. The topological polar surface area (TPSA) is 61.4 Å². The third kappa shape index (κ3) is 4.58. The Bertz CT molecular complexity index is 932. The number of fused-ring (bicyclic) bond motifs is 1. The molecule has 0 saturated carbocycles. The van der Waals surface area contributed by atoms with Crippen LogP contribution >= 0.6 is 11.6 Å². The molecular formula is C21H24ClN3O2Se. The molecule has 0 spiro atoms. The zero-order valence-electron chi connectivity index (χ0n) is 16.3. The summed E-state index contributed by atoms with van der Waals surface area (Å²) in [6, 6.07) is 7.27. The number of nitrogens with one attached hydrogen (secondary N) is 2. The van der Waals surface area contributed by atoms with Gasteiger partial charge < -0.3 is 0 Å². The standard InChI is InChI=1S/C21H24ClN3O2Se/c1-4-25(5-2)9-8-23-20(26)16-11-15(28-13(16)3)12-18-17-10-14(22)6-7-19(17)24-21(18)27/h6-7,10-12H,4-5,8-9H2,1-3H3,(H,23,26)(H,24,27)/b18-12-. The summed E-state index contributed by atoms with van der Waals surface area (Å²) < 4.78 is 2.08. The maximum absolute atomic E-state index is 12.6. The summed E-state index contributed by atoms with van der Waals surface area (Å²) in [5, 5.41) is 6.46. The van der Waals surface area contributed by atoms with E-state index in [-0.39, 0.29) is 26.3 Å². The SMILES string of the molecule is CCN(CC)CCNC(=O)c1cc(/C=C2\C(=O)Nc3ccc(Cl)cc32)[se]c1C. The molecule has 0 saturated heterocycles. The van der Waals surface area contributed by atoms with Gasteiger partial charge in [-0.15, -0.1) is 0 Å². The summed E-state index contributed by atoms with van der Waals surface area (Å²) in [6.07, 6.45) is 1.89. The van der Waals surface area contributed by atoms with Crippen LogP contribution in [-0.4, -0.2) is 57.4 Å². The number of amides is 2. The predicted octanol–water partition coefficient (Wildman–Crippen LogP) is 3.27. The monoisotopic (exact) mass is 465 g/mol. The molecule has 0 unspecified atom stereocenters. The minimum atomic E-state index is -0.135. The van der Waals surface area contributed by atoms with Crippen LogP contribution in [0.15, 0.2) is 24.3 Å².